The van der Waals surface area contributed by atoms with E-state index >= 15 is 0 Å². The number of hydrogen-bond donors (Lipinski definition) is 1. The number of sulfone groups is 1. The van der Waals surface area contributed by atoms with Crippen molar-refractivity contribution in [3.63, 3.8) is 0 Å². The van der Waals surface area contributed by atoms with Crippen molar-refractivity contribution in [3.8, 4) is 0 Å². The largest absolute Gasteiger partial charge is 0.351 e. The van der Waals surface area contributed by atoms with E-state index in [-0.39, 0.29) is 26.8 Å². The number of carbonyl (C=O) groups is 1. The Balaban J connectivity index is 1.82. The number of hydrogen-bond acceptors (Lipinski definition) is 3. The first-order chi connectivity index (χ1) is 12.3. The van der Waals surface area contributed by atoms with E-state index in [9.17, 15) is 13.2 Å². The molecule has 0 bridgehead atoms. The molecular formula is C20H22ClNO3S. The van der Waals surface area contributed by atoms with E-state index in [2.05, 4.69) is 17.4 Å². The first-order valence-electron chi connectivity index (χ1n) is 8.65. The molecule has 0 aromatic heterocycles. The smallest absolute Gasteiger partial charge is 0.252 e. The molecule has 0 atom stereocenters. The topological polar surface area (TPSA) is 63.2 Å². The van der Waals surface area contributed by atoms with Gasteiger partial charge in [0.05, 0.1) is 15.5 Å². The fraction of sp³-hybridized carbons (Fsp3) is 0.350. The fourth-order valence-electron chi connectivity index (χ4n) is 3.66. The van der Waals surface area contributed by atoms with Crippen molar-refractivity contribution >= 4 is 27.3 Å². The maximum absolute atomic E-state index is 12.7. The van der Waals surface area contributed by atoms with Crippen molar-refractivity contribution < 1.29 is 13.2 Å². The van der Waals surface area contributed by atoms with Crippen LogP contribution in [0.3, 0.4) is 0 Å². The van der Waals surface area contributed by atoms with Crippen molar-refractivity contribution in [2.24, 2.45) is 0 Å². The summed E-state index contributed by atoms with van der Waals surface area (Å²) in [7, 11) is -3.40. The first-order valence-corrected chi connectivity index (χ1v) is 10.9. The summed E-state index contributed by atoms with van der Waals surface area (Å²) >= 11 is 6.13. The van der Waals surface area contributed by atoms with Gasteiger partial charge in [0.15, 0.2) is 9.84 Å². The van der Waals surface area contributed by atoms with E-state index in [1.54, 1.807) is 0 Å². The molecule has 0 radical (unpaired) electrons. The first kappa shape index (κ1) is 18.9. The van der Waals surface area contributed by atoms with Gasteiger partial charge >= 0.3 is 0 Å². The summed E-state index contributed by atoms with van der Waals surface area (Å²) in [5.74, 6) is -0.345. The van der Waals surface area contributed by atoms with E-state index in [4.69, 9.17) is 11.6 Å². The average Bonchev–Trinajstić information content (AvgIpc) is 3.10. The second-order valence-corrected chi connectivity index (χ2v) is 9.37. The minimum Gasteiger partial charge on any atom is -0.351 e. The quantitative estimate of drug-likeness (QED) is 0.838. The van der Waals surface area contributed by atoms with Crippen LogP contribution in [-0.4, -0.2) is 27.1 Å². The van der Waals surface area contributed by atoms with Gasteiger partial charge in [0.1, 0.15) is 0 Å². The summed E-state index contributed by atoms with van der Waals surface area (Å²) < 4.78 is 23.5. The van der Waals surface area contributed by atoms with Gasteiger partial charge in [-0.2, -0.15) is 0 Å². The Bertz CT molecular complexity index is 904. The van der Waals surface area contributed by atoms with Gasteiger partial charge in [0.25, 0.3) is 5.91 Å². The van der Waals surface area contributed by atoms with Crippen molar-refractivity contribution in [2.45, 2.75) is 36.0 Å². The van der Waals surface area contributed by atoms with E-state index in [1.165, 1.54) is 23.8 Å². The maximum atomic E-state index is 12.7. The number of halogens is 1. The van der Waals surface area contributed by atoms with Crippen molar-refractivity contribution in [1.29, 1.82) is 0 Å². The molecule has 0 aliphatic heterocycles. The summed E-state index contributed by atoms with van der Waals surface area (Å²) in [6.45, 7) is 0.509. The third kappa shape index (κ3) is 3.94. The van der Waals surface area contributed by atoms with Crippen LogP contribution < -0.4 is 5.32 Å². The van der Waals surface area contributed by atoms with E-state index < -0.39 is 9.84 Å². The SMILES string of the molecule is CS(=O)(=O)c1ccc(Cl)c(C(=O)NCC2(c3ccccc3)CCCC2)c1. The molecule has 0 unspecified atom stereocenters. The molecule has 0 spiro atoms. The molecule has 138 valence electrons. The standard InChI is InChI=1S/C20H22ClNO3S/c1-26(24,25)16-9-10-18(21)17(13-16)19(23)22-14-20(11-5-6-12-20)15-7-3-2-4-8-15/h2-4,7-10,13H,5-6,11-12,14H2,1H3,(H,22,23). The lowest BCUT2D eigenvalue weighted by molar-refractivity contribution is 0.0943. The van der Waals surface area contributed by atoms with Gasteiger partial charge in [-0.3, -0.25) is 4.79 Å². The zero-order valence-electron chi connectivity index (χ0n) is 14.7. The minimum absolute atomic E-state index is 0.0716. The highest BCUT2D eigenvalue weighted by Crippen LogP contribution is 2.40. The van der Waals surface area contributed by atoms with Gasteiger partial charge in [0, 0.05) is 18.2 Å². The molecule has 1 fully saturated rings. The van der Waals surface area contributed by atoms with E-state index in [1.807, 2.05) is 18.2 Å². The number of nitrogens with one attached hydrogen (secondary N) is 1. The molecular weight excluding hydrogens is 370 g/mol. The van der Waals surface area contributed by atoms with Gasteiger partial charge in [-0.1, -0.05) is 54.8 Å². The summed E-state index contributed by atoms with van der Waals surface area (Å²) in [4.78, 5) is 12.8. The molecule has 1 aliphatic carbocycles. The van der Waals surface area contributed by atoms with Gasteiger partial charge in [-0.15, -0.1) is 0 Å². The number of amides is 1. The number of rotatable bonds is 5. The maximum Gasteiger partial charge on any atom is 0.252 e. The van der Waals surface area contributed by atoms with Crippen LogP contribution >= 0.6 is 11.6 Å². The highest BCUT2D eigenvalue weighted by Gasteiger charge is 2.36. The molecule has 1 amide bonds. The third-order valence-electron chi connectivity index (χ3n) is 5.14. The van der Waals surface area contributed by atoms with Crippen LogP contribution in [0.15, 0.2) is 53.4 Å². The van der Waals surface area contributed by atoms with E-state index in [0.717, 1.165) is 31.9 Å². The second kappa shape index (κ2) is 7.41. The summed E-state index contributed by atoms with van der Waals surface area (Å²) in [5, 5.41) is 3.23. The van der Waals surface area contributed by atoms with Gasteiger partial charge < -0.3 is 5.32 Å². The van der Waals surface area contributed by atoms with E-state index in [0.29, 0.717) is 6.54 Å². The lowest BCUT2D eigenvalue weighted by atomic mass is 9.79. The zero-order valence-corrected chi connectivity index (χ0v) is 16.2. The van der Waals surface area contributed by atoms with Crippen LogP contribution in [0.5, 0.6) is 0 Å². The van der Waals surface area contributed by atoms with Crippen LogP contribution in [-0.2, 0) is 15.3 Å². The van der Waals surface area contributed by atoms with Crippen LogP contribution in [0.1, 0.15) is 41.6 Å². The highest BCUT2D eigenvalue weighted by molar-refractivity contribution is 7.90. The second-order valence-electron chi connectivity index (χ2n) is 6.95. The number of carbonyl (C=O) groups excluding carboxylic acids is 1. The molecule has 1 saturated carbocycles. The van der Waals surface area contributed by atoms with Crippen LogP contribution in [0.4, 0.5) is 0 Å². The minimum atomic E-state index is -3.40. The fourth-order valence-corrected chi connectivity index (χ4v) is 4.52. The van der Waals surface area contributed by atoms with Crippen LogP contribution in [0.25, 0.3) is 0 Å². The lowest BCUT2D eigenvalue weighted by Gasteiger charge is -2.30. The normalized spacial score (nSPS) is 16.4. The predicted octanol–water partition coefficient (Wildman–Crippen LogP) is 3.99. The molecule has 1 aliphatic rings. The van der Waals surface area contributed by atoms with Crippen molar-refractivity contribution in [3.05, 3.63) is 64.7 Å². The Hall–Kier alpha value is -1.85. The molecule has 6 heteroatoms. The summed E-state index contributed by atoms with van der Waals surface area (Å²) in [6.07, 6.45) is 5.42. The molecule has 2 aromatic carbocycles. The Labute approximate surface area is 159 Å². The third-order valence-corrected chi connectivity index (χ3v) is 6.58. The Kier molecular flexibility index (Phi) is 5.39. The lowest BCUT2D eigenvalue weighted by Crippen LogP contribution is -2.39. The molecule has 1 N–H and O–H groups in total. The van der Waals surface area contributed by atoms with Crippen LogP contribution in [0, 0.1) is 0 Å². The Morgan fingerprint density at radius 2 is 1.77 bits per heavy atom. The monoisotopic (exact) mass is 391 g/mol. The van der Waals surface area contributed by atoms with Crippen molar-refractivity contribution in [1.82, 2.24) is 5.32 Å². The van der Waals surface area contributed by atoms with Gasteiger partial charge in [0.2, 0.25) is 0 Å². The van der Waals surface area contributed by atoms with Gasteiger partial charge in [-0.25, -0.2) is 8.42 Å². The molecule has 4 nitrogen and oxygen atoms in total. The summed E-state index contributed by atoms with van der Waals surface area (Å²) in [6, 6.07) is 14.4. The zero-order chi connectivity index (χ0) is 18.8. The van der Waals surface area contributed by atoms with Gasteiger partial charge in [-0.05, 0) is 36.6 Å². The average molecular weight is 392 g/mol. The molecule has 0 heterocycles. The molecule has 26 heavy (non-hydrogen) atoms. The Morgan fingerprint density at radius 3 is 2.38 bits per heavy atom. The molecule has 3 rings (SSSR count). The predicted molar refractivity (Wildman–Crippen MR) is 103 cm³/mol. The Morgan fingerprint density at radius 1 is 1.12 bits per heavy atom. The molecule has 2 aromatic rings. The van der Waals surface area contributed by atoms with Crippen LogP contribution in [0.2, 0.25) is 5.02 Å². The van der Waals surface area contributed by atoms with Crippen molar-refractivity contribution in [2.75, 3.05) is 12.8 Å². The highest BCUT2D eigenvalue weighted by atomic mass is 35.5. The number of benzene rings is 2. The molecule has 0 saturated heterocycles. The summed E-state index contributed by atoms with van der Waals surface area (Å²) in [5.41, 5.74) is 1.35.